The molecule has 0 saturated carbocycles. The number of benzene rings is 2. The molecule has 10 heteroatoms. The molecule has 0 aromatic heterocycles. The van der Waals surface area contributed by atoms with Crippen LogP contribution < -0.4 is 9.62 Å². The third kappa shape index (κ3) is 5.79. The van der Waals surface area contributed by atoms with Crippen molar-refractivity contribution in [2.45, 2.75) is 37.2 Å². The molecule has 0 unspecified atom stereocenters. The molecule has 0 saturated heterocycles. The first-order chi connectivity index (χ1) is 13.8. The quantitative estimate of drug-likeness (QED) is 0.658. The zero-order chi connectivity index (χ0) is 22.7. The second-order valence-corrected chi connectivity index (χ2v) is 10.9. The van der Waals surface area contributed by atoms with Gasteiger partial charge in [0.1, 0.15) is 11.9 Å². The van der Waals surface area contributed by atoms with E-state index in [1.54, 1.807) is 26.0 Å². The van der Waals surface area contributed by atoms with Gasteiger partial charge in [-0.05, 0) is 55.3 Å². The molecule has 1 amide bonds. The molecule has 0 spiro atoms. The molecule has 2 aromatic rings. The Morgan fingerprint density at radius 3 is 1.97 bits per heavy atom. The van der Waals surface area contributed by atoms with Crippen LogP contribution in [0.15, 0.2) is 53.4 Å². The van der Waals surface area contributed by atoms with E-state index in [0.717, 1.165) is 28.9 Å². The first kappa shape index (κ1) is 23.8. The summed E-state index contributed by atoms with van der Waals surface area (Å²) in [4.78, 5) is 13.1. The molecule has 164 valence electrons. The Hall–Kier alpha value is -2.46. The SMILES string of the molecule is CC[C@@H](C(=O)N[C@H](C)c1ccc(S(C)(=O)=O)cc1)N(c1ccc(F)cc1)S(C)(=O)=O. The van der Waals surface area contributed by atoms with E-state index in [4.69, 9.17) is 0 Å². The van der Waals surface area contributed by atoms with E-state index >= 15 is 0 Å². The van der Waals surface area contributed by atoms with Crippen molar-refractivity contribution in [1.82, 2.24) is 5.32 Å². The van der Waals surface area contributed by atoms with Crippen molar-refractivity contribution < 1.29 is 26.0 Å². The molecule has 0 aliphatic carbocycles. The molecule has 0 radical (unpaired) electrons. The number of anilines is 1. The standard InChI is InChI=1S/C20H25FN2O5S2/c1-5-19(23(30(4,27)28)17-10-8-16(21)9-11-17)20(24)22-14(2)15-6-12-18(13-7-15)29(3,25)26/h6-14,19H,5H2,1-4H3,(H,22,24)/t14-,19+/m1/s1. The number of nitrogens with zero attached hydrogens (tertiary/aromatic N) is 1. The highest BCUT2D eigenvalue weighted by molar-refractivity contribution is 7.92. The van der Waals surface area contributed by atoms with Gasteiger partial charge in [-0.3, -0.25) is 9.10 Å². The lowest BCUT2D eigenvalue weighted by Crippen LogP contribution is -2.49. The van der Waals surface area contributed by atoms with Crippen LogP contribution in [0.25, 0.3) is 0 Å². The summed E-state index contributed by atoms with van der Waals surface area (Å²) >= 11 is 0. The van der Waals surface area contributed by atoms with Crippen LogP contribution in [0.2, 0.25) is 0 Å². The molecule has 2 rings (SSSR count). The van der Waals surface area contributed by atoms with Gasteiger partial charge < -0.3 is 5.32 Å². The minimum Gasteiger partial charge on any atom is -0.348 e. The minimum absolute atomic E-state index is 0.163. The monoisotopic (exact) mass is 456 g/mol. The summed E-state index contributed by atoms with van der Waals surface area (Å²) in [7, 11) is -7.16. The number of halogens is 1. The third-order valence-electron chi connectivity index (χ3n) is 4.58. The van der Waals surface area contributed by atoms with Gasteiger partial charge in [0.05, 0.1) is 22.9 Å². The predicted molar refractivity (Wildman–Crippen MR) is 114 cm³/mol. The Kier molecular flexibility index (Phi) is 7.25. The minimum atomic E-state index is -3.83. The van der Waals surface area contributed by atoms with Crippen LogP contribution in [0.1, 0.15) is 31.9 Å². The molecule has 30 heavy (non-hydrogen) atoms. The van der Waals surface area contributed by atoms with Crippen molar-refractivity contribution in [3.05, 3.63) is 59.9 Å². The summed E-state index contributed by atoms with van der Waals surface area (Å²) in [5.41, 5.74) is 0.851. The Morgan fingerprint density at radius 2 is 1.53 bits per heavy atom. The van der Waals surface area contributed by atoms with Gasteiger partial charge in [0.2, 0.25) is 15.9 Å². The van der Waals surface area contributed by atoms with Crippen LogP contribution in [0, 0.1) is 5.82 Å². The number of amides is 1. The summed E-state index contributed by atoms with van der Waals surface area (Å²) in [6.07, 6.45) is 2.28. The second kappa shape index (κ2) is 9.13. The van der Waals surface area contributed by atoms with Gasteiger partial charge in [0.25, 0.3) is 0 Å². The van der Waals surface area contributed by atoms with Crippen LogP contribution >= 0.6 is 0 Å². The fourth-order valence-electron chi connectivity index (χ4n) is 3.04. The normalized spacial score (nSPS) is 14.0. The molecule has 1 N–H and O–H groups in total. The topological polar surface area (TPSA) is 101 Å². The second-order valence-electron chi connectivity index (χ2n) is 7.03. The van der Waals surface area contributed by atoms with Gasteiger partial charge in [-0.2, -0.15) is 0 Å². The van der Waals surface area contributed by atoms with Gasteiger partial charge in [-0.25, -0.2) is 21.2 Å². The number of carbonyl (C=O) groups is 1. The number of hydrogen-bond donors (Lipinski definition) is 1. The Morgan fingerprint density at radius 1 is 1.00 bits per heavy atom. The lowest BCUT2D eigenvalue weighted by Gasteiger charge is -2.31. The number of hydrogen-bond acceptors (Lipinski definition) is 5. The molecule has 0 bridgehead atoms. The van der Waals surface area contributed by atoms with E-state index in [-0.39, 0.29) is 17.0 Å². The van der Waals surface area contributed by atoms with Crippen molar-refractivity contribution in [2.75, 3.05) is 16.8 Å². The van der Waals surface area contributed by atoms with E-state index in [1.165, 1.54) is 24.3 Å². The molecular formula is C20H25FN2O5S2. The zero-order valence-electron chi connectivity index (χ0n) is 17.2. The predicted octanol–water partition coefficient (Wildman–Crippen LogP) is 2.65. The van der Waals surface area contributed by atoms with E-state index in [9.17, 15) is 26.0 Å². The van der Waals surface area contributed by atoms with Crippen molar-refractivity contribution >= 4 is 31.5 Å². The first-order valence-corrected chi connectivity index (χ1v) is 12.9. The summed E-state index contributed by atoms with van der Waals surface area (Å²) in [5, 5.41) is 2.77. The van der Waals surface area contributed by atoms with Gasteiger partial charge in [-0.15, -0.1) is 0 Å². The van der Waals surface area contributed by atoms with Crippen LogP contribution in [-0.4, -0.2) is 41.3 Å². The highest BCUT2D eigenvalue weighted by Gasteiger charge is 2.32. The van der Waals surface area contributed by atoms with E-state index < -0.39 is 43.7 Å². The Balaban J connectivity index is 2.28. The number of sulfone groups is 1. The van der Waals surface area contributed by atoms with Crippen LogP contribution in [0.3, 0.4) is 0 Å². The van der Waals surface area contributed by atoms with E-state index in [0.29, 0.717) is 5.56 Å². The number of rotatable bonds is 8. The average molecular weight is 457 g/mol. The molecule has 2 aromatic carbocycles. The number of nitrogens with one attached hydrogen (secondary N) is 1. The number of sulfonamides is 1. The van der Waals surface area contributed by atoms with Crippen LogP contribution in [0.4, 0.5) is 10.1 Å². The largest absolute Gasteiger partial charge is 0.348 e. The Labute approximate surface area is 176 Å². The van der Waals surface area contributed by atoms with Crippen molar-refractivity contribution in [3.63, 3.8) is 0 Å². The fourth-order valence-corrected chi connectivity index (χ4v) is 4.89. The first-order valence-electron chi connectivity index (χ1n) is 9.20. The molecule has 2 atom stereocenters. The molecule has 0 aliphatic heterocycles. The third-order valence-corrected chi connectivity index (χ3v) is 6.89. The molecule has 0 heterocycles. The zero-order valence-corrected chi connectivity index (χ0v) is 18.8. The molecule has 0 fully saturated rings. The maximum atomic E-state index is 13.3. The highest BCUT2D eigenvalue weighted by atomic mass is 32.2. The molecule has 0 aliphatic rings. The highest BCUT2D eigenvalue weighted by Crippen LogP contribution is 2.24. The average Bonchev–Trinajstić information content (AvgIpc) is 2.65. The number of carbonyl (C=O) groups excluding carboxylic acids is 1. The summed E-state index contributed by atoms with van der Waals surface area (Å²) in [5.74, 6) is -1.04. The summed E-state index contributed by atoms with van der Waals surface area (Å²) in [6.45, 7) is 3.39. The Bertz CT molecular complexity index is 1100. The maximum absolute atomic E-state index is 13.3. The maximum Gasteiger partial charge on any atom is 0.244 e. The molecule has 7 nitrogen and oxygen atoms in total. The lowest BCUT2D eigenvalue weighted by atomic mass is 10.1. The summed E-state index contributed by atoms with van der Waals surface area (Å²) in [6, 6.07) is 9.43. The van der Waals surface area contributed by atoms with Gasteiger partial charge >= 0.3 is 0 Å². The van der Waals surface area contributed by atoms with Crippen molar-refractivity contribution in [2.24, 2.45) is 0 Å². The van der Waals surface area contributed by atoms with Gasteiger partial charge in [-0.1, -0.05) is 19.1 Å². The van der Waals surface area contributed by atoms with Crippen LogP contribution in [0.5, 0.6) is 0 Å². The van der Waals surface area contributed by atoms with E-state index in [1.807, 2.05) is 0 Å². The lowest BCUT2D eigenvalue weighted by molar-refractivity contribution is -0.122. The summed E-state index contributed by atoms with van der Waals surface area (Å²) < 4.78 is 62.2. The fraction of sp³-hybridized carbons (Fsp3) is 0.350. The van der Waals surface area contributed by atoms with Crippen molar-refractivity contribution in [1.29, 1.82) is 0 Å². The van der Waals surface area contributed by atoms with E-state index in [2.05, 4.69) is 5.32 Å². The van der Waals surface area contributed by atoms with Crippen LogP contribution in [-0.2, 0) is 24.7 Å². The van der Waals surface area contributed by atoms with Gasteiger partial charge in [0, 0.05) is 6.26 Å². The van der Waals surface area contributed by atoms with Crippen molar-refractivity contribution in [3.8, 4) is 0 Å². The molecular weight excluding hydrogens is 431 g/mol. The van der Waals surface area contributed by atoms with Gasteiger partial charge in [0.15, 0.2) is 9.84 Å². The smallest absolute Gasteiger partial charge is 0.244 e.